The molecule has 2 heterocycles. The van der Waals surface area contributed by atoms with Gasteiger partial charge in [0.1, 0.15) is 5.75 Å². The van der Waals surface area contributed by atoms with Gasteiger partial charge in [-0.3, -0.25) is 4.98 Å². The molecule has 82 valence electrons. The fourth-order valence-electron chi connectivity index (χ4n) is 1.59. The van der Waals surface area contributed by atoms with Crippen molar-refractivity contribution in [2.45, 2.75) is 33.0 Å². The zero-order chi connectivity index (χ0) is 10.7. The van der Waals surface area contributed by atoms with E-state index in [0.29, 0.717) is 5.92 Å². The second kappa shape index (κ2) is 4.62. The molecule has 3 nitrogen and oxygen atoms in total. The summed E-state index contributed by atoms with van der Waals surface area (Å²) in [6, 6.07) is 3.84. The summed E-state index contributed by atoms with van der Waals surface area (Å²) in [7, 11) is 0. The molecule has 1 aliphatic rings. The third kappa shape index (κ3) is 2.69. The smallest absolute Gasteiger partial charge is 0.200 e. The quantitative estimate of drug-likeness (QED) is 0.762. The summed E-state index contributed by atoms with van der Waals surface area (Å²) in [5, 5.41) is 0. The number of rotatable bonds is 3. The normalized spacial score (nSPS) is 19.8. The zero-order valence-electron chi connectivity index (χ0n) is 9.27. The molecule has 1 aromatic heterocycles. The van der Waals surface area contributed by atoms with E-state index in [2.05, 4.69) is 18.8 Å². The van der Waals surface area contributed by atoms with Gasteiger partial charge in [-0.1, -0.05) is 13.8 Å². The minimum atomic E-state index is -0.0934. The summed E-state index contributed by atoms with van der Waals surface area (Å²) in [4.78, 5) is 4.27. The van der Waals surface area contributed by atoms with Gasteiger partial charge in [0.05, 0.1) is 12.3 Å². The van der Waals surface area contributed by atoms with E-state index >= 15 is 0 Å². The number of hydrogen-bond acceptors (Lipinski definition) is 3. The average Bonchev–Trinajstić information content (AvgIpc) is 2.26. The predicted molar refractivity (Wildman–Crippen MR) is 57.8 cm³/mol. The van der Waals surface area contributed by atoms with Crippen molar-refractivity contribution in [3.05, 3.63) is 24.0 Å². The maximum absolute atomic E-state index is 5.70. The molecule has 0 radical (unpaired) electrons. The highest BCUT2D eigenvalue weighted by atomic mass is 16.7. The molecular formula is C12H17NO2. The number of aryl methyl sites for hydroxylation is 1. The van der Waals surface area contributed by atoms with Gasteiger partial charge in [-0.05, 0) is 24.5 Å². The largest absolute Gasteiger partial charge is 0.463 e. The van der Waals surface area contributed by atoms with Gasteiger partial charge in [0.2, 0.25) is 0 Å². The third-order valence-corrected chi connectivity index (χ3v) is 2.34. The Labute approximate surface area is 90.4 Å². The second-order valence-corrected chi connectivity index (χ2v) is 4.26. The number of ether oxygens (including phenoxy) is 2. The van der Waals surface area contributed by atoms with Crippen LogP contribution in [0.25, 0.3) is 0 Å². The molecule has 0 N–H and O–H groups in total. The monoisotopic (exact) mass is 207 g/mol. The molecule has 0 fully saturated rings. The molecule has 0 aliphatic carbocycles. The van der Waals surface area contributed by atoms with Crippen molar-refractivity contribution in [2.75, 3.05) is 6.61 Å². The molecule has 2 rings (SSSR count). The lowest BCUT2D eigenvalue weighted by molar-refractivity contribution is -0.0992. The lowest BCUT2D eigenvalue weighted by Gasteiger charge is -2.25. The van der Waals surface area contributed by atoms with Gasteiger partial charge in [0, 0.05) is 12.6 Å². The van der Waals surface area contributed by atoms with Crippen molar-refractivity contribution in [1.29, 1.82) is 0 Å². The highest BCUT2D eigenvalue weighted by Gasteiger charge is 2.20. The van der Waals surface area contributed by atoms with Crippen LogP contribution in [0.15, 0.2) is 18.3 Å². The van der Waals surface area contributed by atoms with E-state index in [-0.39, 0.29) is 6.29 Å². The number of nitrogens with zero attached hydrogens (tertiary/aromatic N) is 1. The van der Waals surface area contributed by atoms with Crippen LogP contribution in [0.2, 0.25) is 0 Å². The van der Waals surface area contributed by atoms with Gasteiger partial charge in [0.15, 0.2) is 6.29 Å². The molecule has 0 saturated heterocycles. The van der Waals surface area contributed by atoms with Crippen LogP contribution >= 0.6 is 0 Å². The minimum absolute atomic E-state index is 0.0934. The maximum Gasteiger partial charge on any atom is 0.200 e. The van der Waals surface area contributed by atoms with Crippen molar-refractivity contribution in [3.63, 3.8) is 0 Å². The SMILES string of the molecule is CC(C)COC1CCc2ncccc2O1. The van der Waals surface area contributed by atoms with E-state index in [4.69, 9.17) is 9.47 Å². The first-order valence-electron chi connectivity index (χ1n) is 5.48. The minimum Gasteiger partial charge on any atom is -0.463 e. The van der Waals surface area contributed by atoms with Crippen LogP contribution in [-0.2, 0) is 11.2 Å². The molecule has 0 amide bonds. The van der Waals surface area contributed by atoms with Crippen molar-refractivity contribution >= 4 is 0 Å². The number of aromatic nitrogens is 1. The van der Waals surface area contributed by atoms with Gasteiger partial charge in [0.25, 0.3) is 0 Å². The first kappa shape index (κ1) is 10.4. The Morgan fingerprint density at radius 2 is 2.47 bits per heavy atom. The van der Waals surface area contributed by atoms with Crippen molar-refractivity contribution in [2.24, 2.45) is 5.92 Å². The van der Waals surface area contributed by atoms with Gasteiger partial charge in [-0.15, -0.1) is 0 Å². The zero-order valence-corrected chi connectivity index (χ0v) is 9.27. The van der Waals surface area contributed by atoms with E-state index in [1.54, 1.807) is 6.20 Å². The van der Waals surface area contributed by atoms with Crippen LogP contribution < -0.4 is 4.74 Å². The second-order valence-electron chi connectivity index (χ2n) is 4.26. The standard InChI is InChI=1S/C12H17NO2/c1-9(2)8-14-12-6-5-10-11(15-12)4-3-7-13-10/h3-4,7,9,12H,5-6,8H2,1-2H3. The Balaban J connectivity index is 1.94. The van der Waals surface area contributed by atoms with Crippen LogP contribution in [0.5, 0.6) is 5.75 Å². The lowest BCUT2D eigenvalue weighted by atomic mass is 10.1. The fraction of sp³-hybridized carbons (Fsp3) is 0.583. The van der Waals surface area contributed by atoms with Crippen LogP contribution in [0.3, 0.4) is 0 Å². The highest BCUT2D eigenvalue weighted by molar-refractivity contribution is 5.28. The summed E-state index contributed by atoms with van der Waals surface area (Å²) in [6.07, 6.45) is 3.55. The molecule has 0 spiro atoms. The molecule has 0 saturated carbocycles. The van der Waals surface area contributed by atoms with Crippen molar-refractivity contribution < 1.29 is 9.47 Å². The molecule has 15 heavy (non-hydrogen) atoms. The van der Waals surface area contributed by atoms with Gasteiger partial charge >= 0.3 is 0 Å². The first-order chi connectivity index (χ1) is 7.25. The van der Waals surface area contributed by atoms with Crippen LogP contribution in [0.1, 0.15) is 26.0 Å². The summed E-state index contributed by atoms with van der Waals surface area (Å²) >= 11 is 0. The first-order valence-corrected chi connectivity index (χ1v) is 5.48. The maximum atomic E-state index is 5.70. The van der Waals surface area contributed by atoms with Crippen LogP contribution in [0.4, 0.5) is 0 Å². The molecule has 1 atom stereocenters. The number of pyridine rings is 1. The fourth-order valence-corrected chi connectivity index (χ4v) is 1.59. The highest BCUT2D eigenvalue weighted by Crippen LogP contribution is 2.25. The van der Waals surface area contributed by atoms with Crippen molar-refractivity contribution in [3.8, 4) is 5.75 Å². The molecular weight excluding hydrogens is 190 g/mol. The van der Waals surface area contributed by atoms with Gasteiger partial charge in [-0.2, -0.15) is 0 Å². The predicted octanol–water partition coefficient (Wildman–Crippen LogP) is 2.41. The molecule has 3 heteroatoms. The summed E-state index contributed by atoms with van der Waals surface area (Å²) < 4.78 is 11.3. The Bertz CT molecular complexity index is 325. The average molecular weight is 207 g/mol. The number of fused-ring (bicyclic) bond motifs is 1. The van der Waals surface area contributed by atoms with Gasteiger partial charge in [-0.25, -0.2) is 0 Å². The van der Waals surface area contributed by atoms with Crippen molar-refractivity contribution in [1.82, 2.24) is 4.98 Å². The van der Waals surface area contributed by atoms with E-state index in [1.807, 2.05) is 12.1 Å². The van der Waals surface area contributed by atoms with E-state index in [9.17, 15) is 0 Å². The lowest BCUT2D eigenvalue weighted by Crippen LogP contribution is -2.27. The third-order valence-electron chi connectivity index (χ3n) is 2.34. The van der Waals surface area contributed by atoms with Crippen LogP contribution in [0, 0.1) is 5.92 Å². The number of hydrogen-bond donors (Lipinski definition) is 0. The Morgan fingerprint density at radius 1 is 1.60 bits per heavy atom. The van der Waals surface area contributed by atoms with E-state index in [0.717, 1.165) is 30.9 Å². The molecule has 0 aromatic carbocycles. The van der Waals surface area contributed by atoms with Gasteiger partial charge < -0.3 is 9.47 Å². The van der Waals surface area contributed by atoms with E-state index < -0.39 is 0 Å². The molecule has 1 aromatic rings. The molecule has 1 aliphatic heterocycles. The summed E-state index contributed by atoms with van der Waals surface area (Å²) in [5.74, 6) is 1.42. The Morgan fingerprint density at radius 3 is 3.27 bits per heavy atom. The molecule has 1 unspecified atom stereocenters. The summed E-state index contributed by atoms with van der Waals surface area (Å²) in [6.45, 7) is 5.02. The van der Waals surface area contributed by atoms with E-state index in [1.165, 1.54) is 0 Å². The molecule has 0 bridgehead atoms. The van der Waals surface area contributed by atoms with Crippen LogP contribution in [-0.4, -0.2) is 17.9 Å². The summed E-state index contributed by atoms with van der Waals surface area (Å²) in [5.41, 5.74) is 1.04. The Hall–Kier alpha value is -1.09. The topological polar surface area (TPSA) is 31.4 Å². The Kier molecular flexibility index (Phi) is 3.21.